The molecule has 0 unspecified atom stereocenters. The van der Waals surface area contributed by atoms with E-state index in [1.54, 1.807) is 19.2 Å². The number of hydrogen-bond donors (Lipinski definition) is 1. The predicted molar refractivity (Wildman–Crippen MR) is 104 cm³/mol. The van der Waals surface area contributed by atoms with Gasteiger partial charge in [0.2, 0.25) is 0 Å². The van der Waals surface area contributed by atoms with Crippen LogP contribution in [0.3, 0.4) is 0 Å². The lowest BCUT2D eigenvalue weighted by Gasteiger charge is -2.13. The molecule has 26 heavy (non-hydrogen) atoms. The SMILES string of the molecule is CCCNC(=O)c1ccc(OC)c(COc2ccc3ccccc3c2)c1. The van der Waals surface area contributed by atoms with Crippen molar-refractivity contribution >= 4 is 16.7 Å². The van der Waals surface area contributed by atoms with Crippen LogP contribution in [0, 0.1) is 0 Å². The largest absolute Gasteiger partial charge is 0.496 e. The summed E-state index contributed by atoms with van der Waals surface area (Å²) in [6.07, 6.45) is 0.903. The monoisotopic (exact) mass is 349 g/mol. The molecular weight excluding hydrogens is 326 g/mol. The van der Waals surface area contributed by atoms with E-state index in [9.17, 15) is 4.79 Å². The number of fused-ring (bicyclic) bond motifs is 1. The van der Waals surface area contributed by atoms with E-state index in [0.717, 1.165) is 23.1 Å². The van der Waals surface area contributed by atoms with Crippen LogP contribution in [-0.4, -0.2) is 19.6 Å². The minimum atomic E-state index is -0.0820. The molecule has 3 rings (SSSR count). The van der Waals surface area contributed by atoms with Gasteiger partial charge in [0.1, 0.15) is 18.1 Å². The predicted octanol–water partition coefficient (Wildman–Crippen LogP) is 4.57. The van der Waals surface area contributed by atoms with Gasteiger partial charge in [-0.15, -0.1) is 0 Å². The summed E-state index contributed by atoms with van der Waals surface area (Å²) >= 11 is 0. The standard InChI is InChI=1S/C22H23NO3/c1-3-12-23-22(24)18-9-11-21(25-2)19(13-18)15-26-20-10-8-16-6-4-5-7-17(16)14-20/h4-11,13-14H,3,12,15H2,1-2H3,(H,23,24). The number of nitrogens with one attached hydrogen (secondary N) is 1. The Morgan fingerprint density at radius 2 is 1.81 bits per heavy atom. The first-order valence-electron chi connectivity index (χ1n) is 8.78. The topological polar surface area (TPSA) is 47.6 Å². The Balaban J connectivity index is 1.77. The van der Waals surface area contributed by atoms with Crippen LogP contribution in [0.5, 0.6) is 11.5 Å². The third-order valence-corrected chi connectivity index (χ3v) is 4.19. The maximum atomic E-state index is 12.2. The molecule has 4 nitrogen and oxygen atoms in total. The molecule has 0 spiro atoms. The second-order valence-electron chi connectivity index (χ2n) is 6.08. The fourth-order valence-electron chi connectivity index (χ4n) is 2.79. The summed E-state index contributed by atoms with van der Waals surface area (Å²) in [5, 5.41) is 5.19. The molecule has 134 valence electrons. The molecule has 0 radical (unpaired) electrons. The summed E-state index contributed by atoms with van der Waals surface area (Å²) in [5.41, 5.74) is 1.45. The number of amides is 1. The highest BCUT2D eigenvalue weighted by Gasteiger charge is 2.11. The van der Waals surface area contributed by atoms with E-state index in [2.05, 4.69) is 17.4 Å². The molecule has 3 aromatic carbocycles. The van der Waals surface area contributed by atoms with Crippen LogP contribution in [0.25, 0.3) is 10.8 Å². The van der Waals surface area contributed by atoms with Gasteiger partial charge in [0, 0.05) is 17.7 Å². The van der Waals surface area contributed by atoms with Gasteiger partial charge in [0.15, 0.2) is 0 Å². The summed E-state index contributed by atoms with van der Waals surface area (Å²) in [6, 6.07) is 19.6. The Labute approximate surface area is 153 Å². The average Bonchev–Trinajstić information content (AvgIpc) is 2.70. The lowest BCUT2D eigenvalue weighted by atomic mass is 10.1. The molecule has 0 saturated heterocycles. The van der Waals surface area contributed by atoms with E-state index in [1.807, 2.05) is 43.3 Å². The molecule has 4 heteroatoms. The normalized spacial score (nSPS) is 10.5. The van der Waals surface area contributed by atoms with E-state index in [4.69, 9.17) is 9.47 Å². The molecule has 0 atom stereocenters. The van der Waals surface area contributed by atoms with Gasteiger partial charge in [-0.2, -0.15) is 0 Å². The number of carbonyl (C=O) groups excluding carboxylic acids is 1. The Kier molecular flexibility index (Phi) is 5.74. The molecule has 0 fully saturated rings. The van der Waals surface area contributed by atoms with Crippen LogP contribution < -0.4 is 14.8 Å². The van der Waals surface area contributed by atoms with Gasteiger partial charge in [-0.1, -0.05) is 37.3 Å². The van der Waals surface area contributed by atoms with Crippen molar-refractivity contribution in [2.75, 3.05) is 13.7 Å². The lowest BCUT2D eigenvalue weighted by Crippen LogP contribution is -2.24. The summed E-state index contributed by atoms with van der Waals surface area (Å²) in [6.45, 7) is 3.02. The summed E-state index contributed by atoms with van der Waals surface area (Å²) in [5.74, 6) is 1.41. The Bertz CT molecular complexity index is 905. The van der Waals surface area contributed by atoms with Crippen molar-refractivity contribution in [2.45, 2.75) is 20.0 Å². The van der Waals surface area contributed by atoms with Gasteiger partial charge >= 0.3 is 0 Å². The van der Waals surface area contributed by atoms with E-state index in [1.165, 1.54) is 5.39 Å². The molecular formula is C22H23NO3. The van der Waals surface area contributed by atoms with Crippen molar-refractivity contribution in [3.05, 3.63) is 71.8 Å². The first kappa shape index (κ1) is 17.8. The second-order valence-corrected chi connectivity index (χ2v) is 6.08. The lowest BCUT2D eigenvalue weighted by molar-refractivity contribution is 0.0953. The molecule has 0 heterocycles. The van der Waals surface area contributed by atoms with Crippen LogP contribution in [0.4, 0.5) is 0 Å². The Morgan fingerprint density at radius 3 is 2.58 bits per heavy atom. The molecule has 0 bridgehead atoms. The van der Waals surface area contributed by atoms with Crippen molar-refractivity contribution in [2.24, 2.45) is 0 Å². The molecule has 0 aliphatic rings. The minimum absolute atomic E-state index is 0.0820. The fourth-order valence-corrected chi connectivity index (χ4v) is 2.79. The van der Waals surface area contributed by atoms with Crippen molar-refractivity contribution in [1.82, 2.24) is 5.32 Å². The molecule has 0 aliphatic carbocycles. The summed E-state index contributed by atoms with van der Waals surface area (Å²) < 4.78 is 11.4. The zero-order valence-corrected chi connectivity index (χ0v) is 15.1. The summed E-state index contributed by atoms with van der Waals surface area (Å²) in [7, 11) is 1.62. The minimum Gasteiger partial charge on any atom is -0.496 e. The Morgan fingerprint density at radius 1 is 1.00 bits per heavy atom. The van der Waals surface area contributed by atoms with E-state index < -0.39 is 0 Å². The van der Waals surface area contributed by atoms with Crippen LogP contribution >= 0.6 is 0 Å². The van der Waals surface area contributed by atoms with Crippen LogP contribution in [0.15, 0.2) is 60.7 Å². The van der Waals surface area contributed by atoms with Gasteiger partial charge in [-0.05, 0) is 47.5 Å². The quantitative estimate of drug-likeness (QED) is 0.680. The zero-order valence-electron chi connectivity index (χ0n) is 15.1. The highest BCUT2D eigenvalue weighted by Crippen LogP contribution is 2.24. The number of hydrogen-bond acceptors (Lipinski definition) is 3. The molecule has 0 saturated carbocycles. The van der Waals surface area contributed by atoms with Gasteiger partial charge in [0.25, 0.3) is 5.91 Å². The number of methoxy groups -OCH3 is 1. The molecule has 1 N–H and O–H groups in total. The molecule has 3 aromatic rings. The highest BCUT2D eigenvalue weighted by atomic mass is 16.5. The second kappa shape index (κ2) is 8.39. The van der Waals surface area contributed by atoms with Crippen LogP contribution in [0.1, 0.15) is 29.3 Å². The fraction of sp³-hybridized carbons (Fsp3) is 0.227. The van der Waals surface area contributed by atoms with Crippen molar-refractivity contribution in [1.29, 1.82) is 0 Å². The smallest absolute Gasteiger partial charge is 0.251 e. The number of carbonyl (C=O) groups is 1. The summed E-state index contributed by atoms with van der Waals surface area (Å²) in [4.78, 5) is 12.2. The van der Waals surface area contributed by atoms with Gasteiger partial charge in [-0.3, -0.25) is 4.79 Å². The van der Waals surface area contributed by atoms with Gasteiger partial charge in [0.05, 0.1) is 7.11 Å². The number of rotatable bonds is 7. The zero-order chi connectivity index (χ0) is 18.4. The van der Waals surface area contributed by atoms with E-state index >= 15 is 0 Å². The average molecular weight is 349 g/mol. The van der Waals surface area contributed by atoms with Crippen molar-refractivity contribution in [3.8, 4) is 11.5 Å². The maximum Gasteiger partial charge on any atom is 0.251 e. The number of ether oxygens (including phenoxy) is 2. The molecule has 1 amide bonds. The number of benzene rings is 3. The molecule has 0 aromatic heterocycles. The van der Waals surface area contributed by atoms with Gasteiger partial charge in [-0.25, -0.2) is 0 Å². The highest BCUT2D eigenvalue weighted by molar-refractivity contribution is 5.94. The van der Waals surface area contributed by atoms with E-state index in [0.29, 0.717) is 24.5 Å². The van der Waals surface area contributed by atoms with Crippen molar-refractivity contribution in [3.63, 3.8) is 0 Å². The first-order chi connectivity index (χ1) is 12.7. The van der Waals surface area contributed by atoms with Gasteiger partial charge < -0.3 is 14.8 Å². The molecule has 0 aliphatic heterocycles. The maximum absolute atomic E-state index is 12.2. The Hall–Kier alpha value is -3.01. The van der Waals surface area contributed by atoms with Crippen LogP contribution in [0.2, 0.25) is 0 Å². The van der Waals surface area contributed by atoms with Crippen molar-refractivity contribution < 1.29 is 14.3 Å². The van der Waals surface area contributed by atoms with Crippen LogP contribution in [-0.2, 0) is 6.61 Å². The first-order valence-corrected chi connectivity index (χ1v) is 8.78. The van der Waals surface area contributed by atoms with E-state index in [-0.39, 0.29) is 5.91 Å². The third kappa shape index (κ3) is 4.14. The third-order valence-electron chi connectivity index (χ3n) is 4.19.